The van der Waals surface area contributed by atoms with Crippen LogP contribution in [-0.2, 0) is 4.79 Å². The smallest absolute Gasteiger partial charge is 0.405 e. The van der Waals surface area contributed by atoms with Gasteiger partial charge in [0, 0.05) is 31.4 Å². The van der Waals surface area contributed by atoms with E-state index in [2.05, 4.69) is 17.1 Å². The van der Waals surface area contributed by atoms with E-state index in [9.17, 15) is 14.0 Å². The zero-order valence-corrected chi connectivity index (χ0v) is 15.6. The largest absolute Gasteiger partial charge is 0.465 e. The second kappa shape index (κ2) is 8.87. The lowest BCUT2D eigenvalue weighted by Gasteiger charge is -2.40. The molecule has 6 nitrogen and oxygen atoms in total. The first-order chi connectivity index (χ1) is 12.3. The van der Waals surface area contributed by atoms with E-state index < -0.39 is 12.1 Å². The Morgan fingerprint density at radius 2 is 1.85 bits per heavy atom. The molecule has 0 saturated carbocycles. The molecule has 1 atom stereocenters. The maximum Gasteiger partial charge on any atom is 0.405 e. The highest BCUT2D eigenvalue weighted by molar-refractivity contribution is 5.85. The molecule has 2 rings (SSSR count). The third-order valence-electron chi connectivity index (χ3n) is 4.93. The van der Waals surface area contributed by atoms with Crippen LogP contribution < -0.4 is 10.2 Å². The first-order valence-corrected chi connectivity index (χ1v) is 9.14. The molecule has 0 radical (unpaired) electrons. The number of carbonyl (C=O) groups excluding carboxylic acids is 1. The zero-order chi connectivity index (χ0) is 19.3. The Bertz CT molecular complexity index is 613. The Balaban J connectivity index is 1.99. The molecule has 1 aliphatic rings. The van der Waals surface area contributed by atoms with Crippen LogP contribution in [0.2, 0.25) is 0 Å². The van der Waals surface area contributed by atoms with Crippen LogP contribution >= 0.6 is 0 Å². The Morgan fingerprint density at radius 3 is 2.31 bits per heavy atom. The van der Waals surface area contributed by atoms with Crippen LogP contribution in [0.3, 0.4) is 0 Å². The van der Waals surface area contributed by atoms with Crippen molar-refractivity contribution in [3.8, 4) is 0 Å². The van der Waals surface area contributed by atoms with Gasteiger partial charge in [-0.15, -0.1) is 0 Å². The second-order valence-corrected chi connectivity index (χ2v) is 6.99. The number of rotatable bonds is 6. The van der Waals surface area contributed by atoms with Crippen molar-refractivity contribution >= 4 is 17.7 Å². The molecule has 1 aromatic carbocycles. The molecule has 26 heavy (non-hydrogen) atoms. The normalized spacial score (nSPS) is 16.4. The highest BCUT2D eigenvalue weighted by Gasteiger charge is 2.32. The number of amides is 2. The number of carbonyl (C=O) groups is 2. The minimum Gasteiger partial charge on any atom is -0.465 e. The van der Waals surface area contributed by atoms with Crippen molar-refractivity contribution in [3.63, 3.8) is 0 Å². The molecular weight excluding hydrogens is 337 g/mol. The van der Waals surface area contributed by atoms with Crippen LogP contribution in [0.5, 0.6) is 0 Å². The van der Waals surface area contributed by atoms with E-state index in [0.29, 0.717) is 13.1 Å². The summed E-state index contributed by atoms with van der Waals surface area (Å²) in [4.78, 5) is 27.6. The van der Waals surface area contributed by atoms with Gasteiger partial charge in [-0.25, -0.2) is 9.18 Å². The third-order valence-corrected chi connectivity index (χ3v) is 4.93. The van der Waals surface area contributed by atoms with Crippen molar-refractivity contribution in [2.24, 2.45) is 5.92 Å². The van der Waals surface area contributed by atoms with Crippen molar-refractivity contribution in [3.05, 3.63) is 30.1 Å². The van der Waals surface area contributed by atoms with Crippen LogP contribution in [0.25, 0.3) is 0 Å². The van der Waals surface area contributed by atoms with E-state index in [0.717, 1.165) is 25.1 Å². The van der Waals surface area contributed by atoms with Crippen molar-refractivity contribution in [1.82, 2.24) is 10.2 Å². The number of piperidine rings is 1. The Kier molecular flexibility index (Phi) is 6.83. The minimum atomic E-state index is -1.18. The predicted molar refractivity (Wildman–Crippen MR) is 98.8 cm³/mol. The van der Waals surface area contributed by atoms with Gasteiger partial charge in [0.2, 0.25) is 5.91 Å². The van der Waals surface area contributed by atoms with Gasteiger partial charge in [0.15, 0.2) is 0 Å². The SMILES string of the molecule is CCN(c1ccc(F)cc1)C1CCN(C(=O)[C@@H](NC(=O)O)C(C)C)CC1. The van der Waals surface area contributed by atoms with E-state index in [1.165, 1.54) is 12.1 Å². The fourth-order valence-electron chi connectivity index (χ4n) is 3.53. The average molecular weight is 365 g/mol. The van der Waals surface area contributed by atoms with Crippen molar-refractivity contribution in [1.29, 1.82) is 0 Å². The molecule has 0 aliphatic carbocycles. The highest BCUT2D eigenvalue weighted by Crippen LogP contribution is 2.24. The summed E-state index contributed by atoms with van der Waals surface area (Å²) < 4.78 is 13.2. The molecule has 7 heteroatoms. The van der Waals surface area contributed by atoms with Crippen LogP contribution in [0, 0.1) is 11.7 Å². The Hall–Kier alpha value is -2.31. The molecule has 2 amide bonds. The Morgan fingerprint density at radius 1 is 1.27 bits per heavy atom. The van der Waals surface area contributed by atoms with Gasteiger partial charge in [-0.2, -0.15) is 0 Å². The summed E-state index contributed by atoms with van der Waals surface area (Å²) in [5, 5.41) is 11.3. The molecule has 1 aromatic rings. The van der Waals surface area contributed by atoms with Crippen LogP contribution in [0.15, 0.2) is 24.3 Å². The maximum absolute atomic E-state index is 13.2. The lowest BCUT2D eigenvalue weighted by molar-refractivity contribution is -0.135. The molecule has 0 bridgehead atoms. The van der Waals surface area contributed by atoms with Gasteiger partial charge in [-0.3, -0.25) is 4.79 Å². The van der Waals surface area contributed by atoms with Crippen molar-refractivity contribution in [2.45, 2.75) is 45.7 Å². The summed E-state index contributed by atoms with van der Waals surface area (Å²) in [5.74, 6) is -0.524. The molecule has 1 heterocycles. The number of benzene rings is 1. The molecular formula is C19H28FN3O3. The number of nitrogens with zero attached hydrogens (tertiary/aromatic N) is 2. The van der Waals surface area contributed by atoms with E-state index >= 15 is 0 Å². The summed E-state index contributed by atoms with van der Waals surface area (Å²) in [5.41, 5.74) is 0.978. The summed E-state index contributed by atoms with van der Waals surface area (Å²) >= 11 is 0. The average Bonchev–Trinajstić information content (AvgIpc) is 2.61. The highest BCUT2D eigenvalue weighted by atomic mass is 19.1. The fraction of sp³-hybridized carbons (Fsp3) is 0.579. The number of likely N-dealkylation sites (tertiary alicyclic amines) is 1. The number of nitrogens with one attached hydrogen (secondary N) is 1. The number of anilines is 1. The van der Waals surface area contributed by atoms with E-state index in [1.807, 2.05) is 13.8 Å². The number of hydrogen-bond acceptors (Lipinski definition) is 3. The number of halogens is 1. The quantitative estimate of drug-likeness (QED) is 0.813. The maximum atomic E-state index is 13.2. The monoisotopic (exact) mass is 365 g/mol. The fourth-order valence-corrected chi connectivity index (χ4v) is 3.53. The number of hydrogen-bond donors (Lipinski definition) is 2. The van der Waals surface area contributed by atoms with Gasteiger partial charge in [-0.05, 0) is 49.9 Å². The van der Waals surface area contributed by atoms with Gasteiger partial charge in [0.1, 0.15) is 11.9 Å². The molecule has 0 spiro atoms. The van der Waals surface area contributed by atoms with Gasteiger partial charge in [-0.1, -0.05) is 13.8 Å². The lowest BCUT2D eigenvalue weighted by atomic mass is 9.98. The molecule has 0 unspecified atom stereocenters. The van der Waals surface area contributed by atoms with Gasteiger partial charge in [0.05, 0.1) is 0 Å². The van der Waals surface area contributed by atoms with Crippen LogP contribution in [0.1, 0.15) is 33.6 Å². The van der Waals surface area contributed by atoms with E-state index in [4.69, 9.17) is 5.11 Å². The topological polar surface area (TPSA) is 72.9 Å². The predicted octanol–water partition coefficient (Wildman–Crippen LogP) is 2.94. The summed E-state index contributed by atoms with van der Waals surface area (Å²) in [6.45, 7) is 7.71. The van der Waals surface area contributed by atoms with Crippen molar-refractivity contribution < 1.29 is 19.1 Å². The van der Waals surface area contributed by atoms with Crippen LogP contribution in [-0.4, -0.2) is 53.7 Å². The van der Waals surface area contributed by atoms with Gasteiger partial charge in [0.25, 0.3) is 0 Å². The van der Waals surface area contributed by atoms with Crippen molar-refractivity contribution in [2.75, 3.05) is 24.5 Å². The zero-order valence-electron chi connectivity index (χ0n) is 15.6. The molecule has 1 saturated heterocycles. The minimum absolute atomic E-state index is 0.109. The van der Waals surface area contributed by atoms with Crippen LogP contribution in [0.4, 0.5) is 14.9 Å². The van der Waals surface area contributed by atoms with E-state index in [1.54, 1.807) is 17.0 Å². The summed E-state index contributed by atoms with van der Waals surface area (Å²) in [6.07, 6.45) is 0.421. The van der Waals surface area contributed by atoms with E-state index in [-0.39, 0.29) is 23.7 Å². The molecule has 2 N–H and O–H groups in total. The van der Waals surface area contributed by atoms with Gasteiger partial charge < -0.3 is 20.2 Å². The molecule has 0 aromatic heterocycles. The first-order valence-electron chi connectivity index (χ1n) is 9.14. The third kappa shape index (κ3) is 4.86. The van der Waals surface area contributed by atoms with Gasteiger partial charge >= 0.3 is 6.09 Å². The summed E-state index contributed by atoms with van der Waals surface area (Å²) in [7, 11) is 0. The molecule has 1 aliphatic heterocycles. The molecule has 144 valence electrons. The first kappa shape index (κ1) is 20.0. The lowest BCUT2D eigenvalue weighted by Crippen LogP contribution is -2.54. The standard InChI is InChI=1S/C19H28FN3O3/c1-4-23(15-7-5-14(20)6-8-15)16-9-11-22(12-10-16)18(24)17(13(2)3)21-19(25)26/h5-8,13,16-17,21H,4,9-12H2,1-3H3,(H,25,26)/t17-/m0/s1. The Labute approximate surface area is 154 Å². The number of carboxylic acid groups (broad SMARTS) is 1. The molecule has 1 fully saturated rings. The second-order valence-electron chi connectivity index (χ2n) is 6.99. The summed E-state index contributed by atoms with van der Waals surface area (Å²) in [6, 6.07) is 6.04.